The first-order chi connectivity index (χ1) is 10.2. The predicted octanol–water partition coefficient (Wildman–Crippen LogP) is 5.56. The molecular formula is C19H20F2. The fourth-order valence-corrected chi connectivity index (χ4v) is 2.17. The van der Waals surface area contributed by atoms with E-state index in [9.17, 15) is 8.78 Å². The van der Waals surface area contributed by atoms with Gasteiger partial charge in [0.1, 0.15) is 0 Å². The highest BCUT2D eigenvalue weighted by atomic mass is 19.2. The minimum atomic E-state index is -0.790. The first-order valence-corrected chi connectivity index (χ1v) is 7.38. The Labute approximate surface area is 125 Å². The van der Waals surface area contributed by atoms with Gasteiger partial charge in [0, 0.05) is 0 Å². The van der Waals surface area contributed by atoms with Crippen LogP contribution in [0.2, 0.25) is 0 Å². The van der Waals surface area contributed by atoms with Crippen molar-refractivity contribution in [3.8, 4) is 0 Å². The molecule has 0 unspecified atom stereocenters. The summed E-state index contributed by atoms with van der Waals surface area (Å²) in [5.74, 6) is -1.56. The lowest BCUT2D eigenvalue weighted by Gasteiger charge is -2.04. The summed E-state index contributed by atoms with van der Waals surface area (Å²) in [5, 5.41) is 0. The normalized spacial score (nSPS) is 11.2. The van der Waals surface area contributed by atoms with E-state index in [-0.39, 0.29) is 0 Å². The van der Waals surface area contributed by atoms with Crippen LogP contribution in [0.5, 0.6) is 0 Å². The molecule has 0 amide bonds. The van der Waals surface area contributed by atoms with E-state index in [2.05, 4.69) is 43.3 Å². The van der Waals surface area contributed by atoms with Crippen LogP contribution < -0.4 is 0 Å². The predicted molar refractivity (Wildman–Crippen MR) is 84.2 cm³/mol. The molecule has 0 saturated heterocycles. The van der Waals surface area contributed by atoms with Crippen LogP contribution in [-0.4, -0.2) is 0 Å². The first-order valence-electron chi connectivity index (χ1n) is 7.38. The zero-order valence-corrected chi connectivity index (χ0v) is 12.3. The van der Waals surface area contributed by atoms with Crippen LogP contribution in [0.1, 0.15) is 36.5 Å². The van der Waals surface area contributed by atoms with Crippen molar-refractivity contribution in [3.63, 3.8) is 0 Å². The highest BCUT2D eigenvalue weighted by molar-refractivity contribution is 5.49. The van der Waals surface area contributed by atoms with Gasteiger partial charge in [-0.05, 0) is 48.1 Å². The van der Waals surface area contributed by atoms with Crippen molar-refractivity contribution in [2.45, 2.75) is 32.6 Å². The van der Waals surface area contributed by atoms with Gasteiger partial charge in [0.05, 0.1) is 0 Å². The Hall–Kier alpha value is -1.96. The summed E-state index contributed by atoms with van der Waals surface area (Å²) >= 11 is 0. The van der Waals surface area contributed by atoms with Gasteiger partial charge >= 0.3 is 0 Å². The second-order valence-corrected chi connectivity index (χ2v) is 5.18. The maximum absolute atomic E-state index is 13.1. The number of hydrogen-bond acceptors (Lipinski definition) is 0. The summed E-state index contributed by atoms with van der Waals surface area (Å²) in [6.45, 7) is 2.16. The smallest absolute Gasteiger partial charge is 0.159 e. The quantitative estimate of drug-likeness (QED) is 0.652. The lowest BCUT2D eigenvalue weighted by Crippen LogP contribution is -1.93. The van der Waals surface area contributed by atoms with Crippen molar-refractivity contribution >= 4 is 6.08 Å². The van der Waals surface area contributed by atoms with Gasteiger partial charge in [0.15, 0.2) is 11.6 Å². The summed E-state index contributed by atoms with van der Waals surface area (Å²) < 4.78 is 26.0. The highest BCUT2D eigenvalue weighted by Gasteiger charge is 2.02. The minimum Gasteiger partial charge on any atom is -0.204 e. The molecule has 0 aliphatic heterocycles. The van der Waals surface area contributed by atoms with Crippen LogP contribution in [0.3, 0.4) is 0 Å². The Morgan fingerprint density at radius 1 is 0.857 bits per heavy atom. The molecule has 0 spiro atoms. The molecule has 21 heavy (non-hydrogen) atoms. The van der Waals surface area contributed by atoms with Gasteiger partial charge in [-0.15, -0.1) is 0 Å². The topological polar surface area (TPSA) is 0 Å². The van der Waals surface area contributed by atoms with E-state index in [1.54, 1.807) is 6.07 Å². The van der Waals surface area contributed by atoms with E-state index in [1.165, 1.54) is 23.3 Å². The molecule has 0 aliphatic carbocycles. The van der Waals surface area contributed by atoms with E-state index in [0.717, 1.165) is 24.8 Å². The minimum absolute atomic E-state index is 0.711. The molecule has 0 bridgehead atoms. The molecule has 0 heterocycles. The largest absolute Gasteiger partial charge is 0.204 e. The summed E-state index contributed by atoms with van der Waals surface area (Å²) in [5.41, 5.74) is 3.22. The fourth-order valence-electron chi connectivity index (χ4n) is 2.17. The highest BCUT2D eigenvalue weighted by Crippen LogP contribution is 2.13. The monoisotopic (exact) mass is 286 g/mol. The number of hydrogen-bond donors (Lipinski definition) is 0. The van der Waals surface area contributed by atoms with Crippen molar-refractivity contribution in [3.05, 3.63) is 76.9 Å². The number of rotatable bonds is 6. The summed E-state index contributed by atoms with van der Waals surface area (Å²) in [4.78, 5) is 0. The van der Waals surface area contributed by atoms with Crippen LogP contribution in [0.25, 0.3) is 6.08 Å². The van der Waals surface area contributed by atoms with Gasteiger partial charge < -0.3 is 0 Å². The average Bonchev–Trinajstić information content (AvgIpc) is 2.50. The summed E-state index contributed by atoms with van der Waals surface area (Å²) in [7, 11) is 0. The Morgan fingerprint density at radius 2 is 1.52 bits per heavy atom. The van der Waals surface area contributed by atoms with Crippen LogP contribution in [0, 0.1) is 11.6 Å². The Kier molecular flexibility index (Phi) is 5.68. The molecule has 0 fully saturated rings. The van der Waals surface area contributed by atoms with E-state index in [0.29, 0.717) is 6.42 Å². The van der Waals surface area contributed by atoms with E-state index in [4.69, 9.17) is 0 Å². The van der Waals surface area contributed by atoms with Gasteiger partial charge in [-0.2, -0.15) is 0 Å². The summed E-state index contributed by atoms with van der Waals surface area (Å²) in [6, 6.07) is 12.5. The molecule has 2 aromatic rings. The van der Waals surface area contributed by atoms with Crippen LogP contribution in [-0.2, 0) is 12.8 Å². The van der Waals surface area contributed by atoms with Crippen LogP contribution in [0.15, 0.2) is 48.5 Å². The zero-order chi connectivity index (χ0) is 15.1. The number of allylic oxidation sites excluding steroid dienone is 1. The van der Waals surface area contributed by atoms with E-state index in [1.807, 2.05) is 0 Å². The van der Waals surface area contributed by atoms with E-state index < -0.39 is 11.6 Å². The van der Waals surface area contributed by atoms with Crippen molar-refractivity contribution < 1.29 is 8.78 Å². The number of unbranched alkanes of at least 4 members (excludes halogenated alkanes) is 1. The second kappa shape index (κ2) is 7.72. The van der Waals surface area contributed by atoms with Crippen molar-refractivity contribution in [1.29, 1.82) is 0 Å². The van der Waals surface area contributed by atoms with Crippen molar-refractivity contribution in [2.24, 2.45) is 0 Å². The lowest BCUT2D eigenvalue weighted by atomic mass is 10.0. The average molecular weight is 286 g/mol. The molecule has 0 nitrogen and oxygen atoms in total. The lowest BCUT2D eigenvalue weighted by molar-refractivity contribution is 0.507. The summed E-state index contributed by atoms with van der Waals surface area (Å²) in [6.07, 6.45) is 8.09. The third kappa shape index (κ3) is 4.82. The molecule has 0 radical (unpaired) electrons. The molecular weight excluding hydrogens is 266 g/mol. The number of aryl methyl sites for hydroxylation is 2. The standard InChI is InChI=1S/C19H20F2/c1-2-3-4-5-15-6-8-16(9-7-15)10-11-17-12-13-18(20)19(21)14-17/h4-9,12-14H,2-3,10-11H2,1H3/b5-4+. The third-order valence-electron chi connectivity index (χ3n) is 3.43. The Balaban J connectivity index is 1.92. The maximum Gasteiger partial charge on any atom is 0.159 e. The van der Waals surface area contributed by atoms with Crippen LogP contribution in [0.4, 0.5) is 8.78 Å². The molecule has 2 rings (SSSR count). The fraction of sp³-hybridized carbons (Fsp3) is 0.263. The molecule has 0 aromatic heterocycles. The number of halogens is 2. The van der Waals surface area contributed by atoms with Gasteiger partial charge in [0.2, 0.25) is 0 Å². The van der Waals surface area contributed by atoms with Gasteiger partial charge in [0.25, 0.3) is 0 Å². The Morgan fingerprint density at radius 3 is 2.19 bits per heavy atom. The zero-order valence-electron chi connectivity index (χ0n) is 12.3. The van der Waals surface area contributed by atoms with Gasteiger partial charge in [-0.25, -0.2) is 8.78 Å². The SMILES string of the molecule is CCC/C=C/c1ccc(CCc2ccc(F)c(F)c2)cc1. The molecule has 0 atom stereocenters. The van der Waals surface area contributed by atoms with Gasteiger partial charge in [-0.1, -0.05) is 55.8 Å². The van der Waals surface area contributed by atoms with Crippen LogP contribution >= 0.6 is 0 Å². The molecule has 110 valence electrons. The maximum atomic E-state index is 13.1. The molecule has 2 heteroatoms. The molecule has 2 aromatic carbocycles. The van der Waals surface area contributed by atoms with Gasteiger partial charge in [-0.3, -0.25) is 0 Å². The Bertz CT molecular complexity index is 597. The molecule has 0 aliphatic rings. The number of benzene rings is 2. The first kappa shape index (κ1) is 15.4. The third-order valence-corrected chi connectivity index (χ3v) is 3.43. The van der Waals surface area contributed by atoms with Crippen molar-refractivity contribution in [1.82, 2.24) is 0 Å². The van der Waals surface area contributed by atoms with E-state index >= 15 is 0 Å². The molecule has 0 N–H and O–H groups in total. The van der Waals surface area contributed by atoms with Crippen molar-refractivity contribution in [2.75, 3.05) is 0 Å². The second-order valence-electron chi connectivity index (χ2n) is 5.18. The molecule has 0 saturated carbocycles.